The molecule has 116 valence electrons. The quantitative estimate of drug-likeness (QED) is 0.799. The van der Waals surface area contributed by atoms with Crippen molar-refractivity contribution >= 4 is 29.3 Å². The van der Waals surface area contributed by atoms with E-state index in [4.69, 9.17) is 11.6 Å². The van der Waals surface area contributed by atoms with Crippen molar-refractivity contribution in [3.05, 3.63) is 64.4 Å². The van der Waals surface area contributed by atoms with Gasteiger partial charge in [-0.2, -0.15) is 0 Å². The molecule has 0 saturated heterocycles. The Labute approximate surface area is 139 Å². The van der Waals surface area contributed by atoms with E-state index in [9.17, 15) is 9.18 Å². The summed E-state index contributed by atoms with van der Waals surface area (Å²) in [5, 5.41) is 2.96. The number of carbonyl (C=O) groups is 1. The van der Waals surface area contributed by atoms with Crippen LogP contribution in [0.4, 0.5) is 4.39 Å². The highest BCUT2D eigenvalue weighted by Gasteiger charge is 2.05. The largest absolute Gasteiger partial charge is 0.355 e. The Hall–Kier alpha value is -1.52. The van der Waals surface area contributed by atoms with Crippen molar-refractivity contribution in [2.24, 2.45) is 0 Å². The van der Waals surface area contributed by atoms with Gasteiger partial charge in [0.05, 0.1) is 10.8 Å². The van der Waals surface area contributed by atoms with Crippen LogP contribution in [0.2, 0.25) is 5.02 Å². The number of halogens is 2. The van der Waals surface area contributed by atoms with Crippen molar-refractivity contribution in [1.29, 1.82) is 0 Å². The van der Waals surface area contributed by atoms with E-state index in [1.165, 1.54) is 35.0 Å². The van der Waals surface area contributed by atoms with E-state index in [1.807, 2.05) is 12.1 Å². The highest BCUT2D eigenvalue weighted by molar-refractivity contribution is 8.00. The highest BCUT2D eigenvalue weighted by atomic mass is 35.5. The van der Waals surface area contributed by atoms with Crippen molar-refractivity contribution in [2.75, 3.05) is 12.3 Å². The fraction of sp³-hybridized carbons (Fsp3) is 0.235. The summed E-state index contributed by atoms with van der Waals surface area (Å²) in [6.45, 7) is 2.67. The smallest absolute Gasteiger partial charge is 0.230 e. The van der Waals surface area contributed by atoms with Gasteiger partial charge in [-0.1, -0.05) is 35.9 Å². The molecule has 2 aromatic carbocycles. The molecule has 1 amide bonds. The van der Waals surface area contributed by atoms with Gasteiger partial charge >= 0.3 is 0 Å². The molecule has 0 radical (unpaired) electrons. The zero-order valence-electron chi connectivity index (χ0n) is 12.2. The van der Waals surface area contributed by atoms with Gasteiger partial charge in [-0.25, -0.2) is 4.39 Å². The Bertz CT molecular complexity index is 663. The zero-order chi connectivity index (χ0) is 15.9. The van der Waals surface area contributed by atoms with Gasteiger partial charge in [0.1, 0.15) is 5.82 Å². The van der Waals surface area contributed by atoms with Crippen LogP contribution < -0.4 is 5.32 Å². The van der Waals surface area contributed by atoms with Crippen molar-refractivity contribution < 1.29 is 9.18 Å². The first kappa shape index (κ1) is 16.8. The van der Waals surface area contributed by atoms with Gasteiger partial charge in [-0.05, 0) is 42.7 Å². The lowest BCUT2D eigenvalue weighted by Crippen LogP contribution is -2.27. The summed E-state index contributed by atoms with van der Waals surface area (Å²) in [5.74, 6) is -0.205. The van der Waals surface area contributed by atoms with Crippen LogP contribution in [0.15, 0.2) is 47.4 Å². The summed E-state index contributed by atoms with van der Waals surface area (Å²) in [4.78, 5) is 12.6. The monoisotopic (exact) mass is 337 g/mol. The predicted octanol–water partition coefficient (Wildman–Crippen LogP) is 4.24. The summed E-state index contributed by atoms with van der Waals surface area (Å²) >= 11 is 7.04. The normalized spacial score (nSPS) is 10.5. The van der Waals surface area contributed by atoms with Gasteiger partial charge in [-0.3, -0.25) is 4.79 Å². The van der Waals surface area contributed by atoms with Crippen LogP contribution in [0.5, 0.6) is 0 Å². The Morgan fingerprint density at radius 1 is 1.27 bits per heavy atom. The molecule has 0 aliphatic rings. The van der Waals surface area contributed by atoms with Crippen LogP contribution >= 0.6 is 23.4 Å². The number of aryl methyl sites for hydroxylation is 1. The number of nitrogens with one attached hydrogen (secondary N) is 1. The number of amides is 1. The second kappa shape index (κ2) is 8.20. The third-order valence-electron chi connectivity index (χ3n) is 3.24. The summed E-state index contributed by atoms with van der Waals surface area (Å²) in [5.41, 5.74) is 2.47. The average molecular weight is 338 g/mol. The van der Waals surface area contributed by atoms with Crippen LogP contribution in [-0.4, -0.2) is 18.2 Å². The molecule has 0 saturated carbocycles. The Kier molecular flexibility index (Phi) is 6.28. The molecule has 22 heavy (non-hydrogen) atoms. The lowest BCUT2D eigenvalue weighted by atomic mass is 10.1. The molecule has 5 heteroatoms. The van der Waals surface area contributed by atoms with Gasteiger partial charge in [0.25, 0.3) is 0 Å². The molecule has 0 aliphatic heterocycles. The number of hydrogen-bond donors (Lipinski definition) is 1. The topological polar surface area (TPSA) is 29.1 Å². The molecule has 2 nitrogen and oxygen atoms in total. The van der Waals surface area contributed by atoms with Crippen molar-refractivity contribution in [2.45, 2.75) is 18.2 Å². The van der Waals surface area contributed by atoms with E-state index < -0.39 is 5.82 Å². The fourth-order valence-electron chi connectivity index (χ4n) is 1.99. The van der Waals surface area contributed by atoms with E-state index in [0.717, 1.165) is 11.3 Å². The molecule has 1 N–H and O–H groups in total. The van der Waals surface area contributed by atoms with E-state index >= 15 is 0 Å². The first-order chi connectivity index (χ1) is 10.6. The third-order valence-corrected chi connectivity index (χ3v) is 4.52. The first-order valence-corrected chi connectivity index (χ1v) is 8.31. The van der Waals surface area contributed by atoms with Crippen molar-refractivity contribution in [1.82, 2.24) is 5.32 Å². The van der Waals surface area contributed by atoms with E-state index in [-0.39, 0.29) is 16.7 Å². The standard InChI is InChI=1S/C17H17ClFNOS/c1-12-4-2-3-5-13(12)8-9-20-17(21)11-22-14-6-7-16(19)15(18)10-14/h2-7,10H,8-9,11H2,1H3,(H,20,21). The molecule has 0 aromatic heterocycles. The highest BCUT2D eigenvalue weighted by Crippen LogP contribution is 2.23. The Morgan fingerprint density at radius 2 is 2.05 bits per heavy atom. The minimum absolute atomic E-state index is 0.0426. The second-order valence-electron chi connectivity index (χ2n) is 4.89. The molecule has 0 aliphatic carbocycles. The minimum atomic E-state index is -0.450. The number of hydrogen-bond acceptors (Lipinski definition) is 2. The van der Waals surface area contributed by atoms with E-state index in [0.29, 0.717) is 6.54 Å². The zero-order valence-corrected chi connectivity index (χ0v) is 13.8. The molecule has 0 heterocycles. The van der Waals surface area contributed by atoms with Crippen LogP contribution in [-0.2, 0) is 11.2 Å². The van der Waals surface area contributed by atoms with Crippen LogP contribution in [0, 0.1) is 12.7 Å². The molecule has 2 aromatic rings. The molecule has 2 rings (SSSR count). The molecule has 0 bridgehead atoms. The molecular formula is C17H17ClFNOS. The minimum Gasteiger partial charge on any atom is -0.355 e. The van der Waals surface area contributed by atoms with Gasteiger partial charge in [0, 0.05) is 11.4 Å². The number of carbonyl (C=O) groups excluding carboxylic acids is 1. The maximum atomic E-state index is 13.0. The molecule has 0 spiro atoms. The van der Waals surface area contributed by atoms with Crippen molar-refractivity contribution in [3.8, 4) is 0 Å². The summed E-state index contributed by atoms with van der Waals surface area (Å²) < 4.78 is 13.0. The lowest BCUT2D eigenvalue weighted by molar-refractivity contribution is -0.118. The maximum Gasteiger partial charge on any atom is 0.230 e. The van der Waals surface area contributed by atoms with Gasteiger partial charge in [-0.15, -0.1) is 11.8 Å². The summed E-state index contributed by atoms with van der Waals surface area (Å²) in [7, 11) is 0. The molecule has 0 unspecified atom stereocenters. The van der Waals surface area contributed by atoms with Gasteiger partial charge in [0.15, 0.2) is 0 Å². The average Bonchev–Trinajstić information content (AvgIpc) is 2.50. The van der Waals surface area contributed by atoms with Crippen LogP contribution in [0.25, 0.3) is 0 Å². The SMILES string of the molecule is Cc1ccccc1CCNC(=O)CSc1ccc(F)c(Cl)c1. The molecule has 0 atom stereocenters. The number of thioether (sulfide) groups is 1. The van der Waals surface area contributed by atoms with Gasteiger partial charge < -0.3 is 5.32 Å². The van der Waals surface area contributed by atoms with Crippen LogP contribution in [0.1, 0.15) is 11.1 Å². The van der Waals surface area contributed by atoms with Gasteiger partial charge in [0.2, 0.25) is 5.91 Å². The van der Waals surface area contributed by atoms with E-state index in [1.54, 1.807) is 6.07 Å². The van der Waals surface area contributed by atoms with E-state index in [2.05, 4.69) is 24.4 Å². The Morgan fingerprint density at radius 3 is 2.77 bits per heavy atom. The van der Waals surface area contributed by atoms with Crippen LogP contribution in [0.3, 0.4) is 0 Å². The predicted molar refractivity (Wildman–Crippen MR) is 90.0 cm³/mol. The number of benzene rings is 2. The van der Waals surface area contributed by atoms with Crippen molar-refractivity contribution in [3.63, 3.8) is 0 Å². The Balaban J connectivity index is 1.74. The first-order valence-electron chi connectivity index (χ1n) is 6.95. The lowest BCUT2D eigenvalue weighted by Gasteiger charge is -2.07. The summed E-state index contributed by atoms with van der Waals surface area (Å²) in [6, 6.07) is 12.6. The summed E-state index contributed by atoms with van der Waals surface area (Å²) in [6.07, 6.45) is 0.811. The number of rotatable bonds is 6. The maximum absolute atomic E-state index is 13.0. The molecular weight excluding hydrogens is 321 g/mol. The second-order valence-corrected chi connectivity index (χ2v) is 6.35. The third kappa shape index (κ3) is 5.04. The fourth-order valence-corrected chi connectivity index (χ4v) is 3.00. The molecule has 0 fully saturated rings.